The third kappa shape index (κ3) is 3.37. The molecule has 0 spiro atoms. The van der Waals surface area contributed by atoms with Crippen molar-refractivity contribution in [3.8, 4) is 0 Å². The molecule has 1 N–H and O–H groups in total. The second-order valence-electron chi connectivity index (χ2n) is 5.91. The van der Waals surface area contributed by atoms with Crippen molar-refractivity contribution in [2.75, 3.05) is 11.9 Å². The number of fused-ring (bicyclic) bond motifs is 1. The highest BCUT2D eigenvalue weighted by Gasteiger charge is 2.24. The molecule has 2 aromatic heterocycles. The Kier molecular flexibility index (Phi) is 5.37. The van der Waals surface area contributed by atoms with E-state index in [9.17, 15) is 9.59 Å². The number of anilines is 1. The normalized spacial score (nSPS) is 11.0. The van der Waals surface area contributed by atoms with Gasteiger partial charge in [-0.3, -0.25) is 4.79 Å². The molecular formula is C19H18ClNO3S2. The predicted molar refractivity (Wildman–Crippen MR) is 109 cm³/mol. The van der Waals surface area contributed by atoms with Crippen molar-refractivity contribution in [3.63, 3.8) is 0 Å². The van der Waals surface area contributed by atoms with Gasteiger partial charge in [-0.25, -0.2) is 4.79 Å². The van der Waals surface area contributed by atoms with Crippen LogP contribution in [0, 0.1) is 20.8 Å². The van der Waals surface area contributed by atoms with Crippen molar-refractivity contribution in [3.05, 3.63) is 49.7 Å². The van der Waals surface area contributed by atoms with Gasteiger partial charge in [0.15, 0.2) is 0 Å². The summed E-state index contributed by atoms with van der Waals surface area (Å²) in [4.78, 5) is 26.5. The Morgan fingerprint density at radius 3 is 2.62 bits per heavy atom. The minimum atomic E-state index is -0.428. The molecule has 0 unspecified atom stereocenters. The average Bonchev–Trinajstić information content (AvgIpc) is 3.04. The summed E-state index contributed by atoms with van der Waals surface area (Å²) in [5, 5.41) is 4.64. The van der Waals surface area contributed by atoms with E-state index < -0.39 is 5.97 Å². The summed E-state index contributed by atoms with van der Waals surface area (Å²) in [6.07, 6.45) is 0. The van der Waals surface area contributed by atoms with Crippen LogP contribution < -0.4 is 5.32 Å². The number of ether oxygens (including phenoxy) is 1. The van der Waals surface area contributed by atoms with Crippen LogP contribution in [0.5, 0.6) is 0 Å². The molecule has 136 valence electrons. The van der Waals surface area contributed by atoms with Crippen molar-refractivity contribution >= 4 is 61.2 Å². The van der Waals surface area contributed by atoms with E-state index in [1.807, 2.05) is 39.0 Å². The molecule has 1 aromatic carbocycles. The van der Waals surface area contributed by atoms with Gasteiger partial charge in [0.2, 0.25) is 0 Å². The summed E-state index contributed by atoms with van der Waals surface area (Å²) in [6, 6.07) is 5.89. The number of amides is 1. The third-order valence-corrected chi connectivity index (χ3v) is 6.86. The highest BCUT2D eigenvalue weighted by Crippen LogP contribution is 2.38. The summed E-state index contributed by atoms with van der Waals surface area (Å²) in [5.41, 5.74) is 2.34. The molecule has 0 aliphatic heterocycles. The molecule has 0 bridgehead atoms. The molecule has 0 fully saturated rings. The maximum atomic E-state index is 12.8. The van der Waals surface area contributed by atoms with Gasteiger partial charge < -0.3 is 10.1 Å². The lowest BCUT2D eigenvalue weighted by Gasteiger charge is -2.06. The van der Waals surface area contributed by atoms with Crippen molar-refractivity contribution in [2.24, 2.45) is 0 Å². The van der Waals surface area contributed by atoms with Crippen LogP contribution in [-0.4, -0.2) is 18.5 Å². The van der Waals surface area contributed by atoms with Gasteiger partial charge in [-0.1, -0.05) is 23.7 Å². The van der Waals surface area contributed by atoms with Gasteiger partial charge in [0.25, 0.3) is 5.91 Å². The molecule has 4 nitrogen and oxygen atoms in total. The van der Waals surface area contributed by atoms with E-state index in [1.165, 1.54) is 22.7 Å². The number of carbonyl (C=O) groups is 2. The lowest BCUT2D eigenvalue weighted by molar-refractivity contribution is 0.0527. The van der Waals surface area contributed by atoms with Crippen LogP contribution >= 0.6 is 34.3 Å². The van der Waals surface area contributed by atoms with E-state index in [2.05, 4.69) is 5.32 Å². The van der Waals surface area contributed by atoms with E-state index in [4.69, 9.17) is 16.3 Å². The molecule has 0 aliphatic carbocycles. The Bertz CT molecular complexity index is 1020. The highest BCUT2D eigenvalue weighted by molar-refractivity contribution is 7.22. The van der Waals surface area contributed by atoms with E-state index in [1.54, 1.807) is 6.92 Å². The van der Waals surface area contributed by atoms with Gasteiger partial charge in [0.1, 0.15) is 9.88 Å². The number of halogens is 1. The number of hydrogen-bond acceptors (Lipinski definition) is 5. The third-order valence-electron chi connectivity index (χ3n) is 4.08. The zero-order chi connectivity index (χ0) is 19.0. The molecule has 0 aliphatic rings. The zero-order valence-corrected chi connectivity index (χ0v) is 17.2. The van der Waals surface area contributed by atoms with Crippen LogP contribution in [0.1, 0.15) is 43.0 Å². The minimum absolute atomic E-state index is 0.280. The van der Waals surface area contributed by atoms with Gasteiger partial charge >= 0.3 is 5.97 Å². The van der Waals surface area contributed by atoms with Crippen molar-refractivity contribution in [1.82, 2.24) is 0 Å². The Labute approximate surface area is 164 Å². The van der Waals surface area contributed by atoms with Crippen LogP contribution in [0.4, 0.5) is 5.00 Å². The molecule has 1 amide bonds. The summed E-state index contributed by atoms with van der Waals surface area (Å²) in [5.74, 6) is -0.747. The standard InChI is InChI=1S/C19H18ClNO3S2/c1-5-24-19(23)14-10(3)11(4)25-18(14)21-17(22)16-15(20)12-7-6-9(2)8-13(12)26-16/h6-8H,5H2,1-4H3,(H,21,22). The zero-order valence-electron chi connectivity index (χ0n) is 14.9. The summed E-state index contributed by atoms with van der Waals surface area (Å²) in [6.45, 7) is 7.79. The van der Waals surface area contributed by atoms with Gasteiger partial charge in [0.05, 0.1) is 17.2 Å². The number of thiophene rings is 2. The van der Waals surface area contributed by atoms with Crippen molar-refractivity contribution in [2.45, 2.75) is 27.7 Å². The maximum Gasteiger partial charge on any atom is 0.341 e. The predicted octanol–water partition coefficient (Wildman–Crippen LogP) is 5.97. The number of hydrogen-bond donors (Lipinski definition) is 1. The molecule has 3 rings (SSSR count). The lowest BCUT2D eigenvalue weighted by Crippen LogP contribution is -2.14. The molecule has 0 radical (unpaired) electrons. The molecule has 3 aromatic rings. The van der Waals surface area contributed by atoms with Crippen LogP contribution in [0.25, 0.3) is 10.1 Å². The highest BCUT2D eigenvalue weighted by atomic mass is 35.5. The number of nitrogens with one attached hydrogen (secondary N) is 1. The fourth-order valence-corrected chi connectivity index (χ4v) is 5.20. The smallest absolute Gasteiger partial charge is 0.341 e. The first-order valence-electron chi connectivity index (χ1n) is 8.10. The first kappa shape index (κ1) is 18.9. The van der Waals surface area contributed by atoms with Crippen molar-refractivity contribution < 1.29 is 14.3 Å². The topological polar surface area (TPSA) is 55.4 Å². The van der Waals surface area contributed by atoms with E-state index in [-0.39, 0.29) is 12.5 Å². The monoisotopic (exact) mass is 407 g/mol. The second-order valence-corrected chi connectivity index (χ2v) is 8.56. The molecule has 0 saturated heterocycles. The molecule has 0 atom stereocenters. The van der Waals surface area contributed by atoms with E-state index >= 15 is 0 Å². The van der Waals surface area contributed by atoms with E-state index in [0.717, 1.165) is 26.1 Å². The van der Waals surface area contributed by atoms with Crippen LogP contribution in [0.15, 0.2) is 18.2 Å². The van der Waals surface area contributed by atoms with E-state index in [0.29, 0.717) is 20.5 Å². The number of carbonyl (C=O) groups excluding carboxylic acids is 2. The second kappa shape index (κ2) is 7.39. The summed E-state index contributed by atoms with van der Waals surface area (Å²) >= 11 is 9.13. The van der Waals surface area contributed by atoms with Gasteiger partial charge in [-0.05, 0) is 44.9 Å². The Balaban J connectivity index is 1.97. The Morgan fingerprint density at radius 1 is 1.19 bits per heavy atom. The maximum absolute atomic E-state index is 12.8. The number of rotatable bonds is 4. The fraction of sp³-hybridized carbons (Fsp3) is 0.263. The first-order valence-corrected chi connectivity index (χ1v) is 10.1. The quantitative estimate of drug-likeness (QED) is 0.542. The van der Waals surface area contributed by atoms with Crippen LogP contribution in [-0.2, 0) is 4.74 Å². The number of aryl methyl sites for hydroxylation is 2. The van der Waals surface area contributed by atoms with Gasteiger partial charge in [-0.2, -0.15) is 0 Å². The molecule has 2 heterocycles. The number of benzene rings is 1. The largest absolute Gasteiger partial charge is 0.462 e. The Hall–Kier alpha value is -1.89. The number of esters is 1. The van der Waals surface area contributed by atoms with Crippen molar-refractivity contribution in [1.29, 1.82) is 0 Å². The summed E-state index contributed by atoms with van der Waals surface area (Å²) in [7, 11) is 0. The van der Waals surface area contributed by atoms with Gasteiger partial charge in [0, 0.05) is 15.0 Å². The molecule has 0 saturated carbocycles. The molecule has 7 heteroatoms. The Morgan fingerprint density at radius 2 is 1.92 bits per heavy atom. The molecule has 26 heavy (non-hydrogen) atoms. The SMILES string of the molecule is CCOC(=O)c1c(NC(=O)c2sc3cc(C)ccc3c2Cl)sc(C)c1C. The van der Waals surface area contributed by atoms with Crippen LogP contribution in [0.2, 0.25) is 5.02 Å². The fourth-order valence-electron chi connectivity index (χ4n) is 2.64. The molecular weight excluding hydrogens is 390 g/mol. The summed E-state index contributed by atoms with van der Waals surface area (Å²) < 4.78 is 6.09. The average molecular weight is 408 g/mol. The first-order chi connectivity index (χ1) is 12.3. The van der Waals surface area contributed by atoms with Gasteiger partial charge in [-0.15, -0.1) is 22.7 Å². The lowest BCUT2D eigenvalue weighted by atomic mass is 10.1. The minimum Gasteiger partial charge on any atom is -0.462 e. The van der Waals surface area contributed by atoms with Crippen LogP contribution in [0.3, 0.4) is 0 Å².